The van der Waals surface area contributed by atoms with Crippen LogP contribution in [0.15, 0.2) is 54.7 Å². The van der Waals surface area contributed by atoms with E-state index >= 15 is 0 Å². The monoisotopic (exact) mass is 491 g/mol. The van der Waals surface area contributed by atoms with E-state index in [0.717, 1.165) is 23.3 Å². The Labute approximate surface area is 199 Å². The molecule has 2 aromatic carbocycles. The van der Waals surface area contributed by atoms with Crippen molar-refractivity contribution < 1.29 is 27.5 Å². The summed E-state index contributed by atoms with van der Waals surface area (Å²) in [4.78, 5) is 28.0. The molecule has 178 valence electrons. The smallest absolute Gasteiger partial charge is 0.417 e. The molecular formula is C24H21ClF3N3O3. The third-order valence-corrected chi connectivity index (χ3v) is 5.25. The van der Waals surface area contributed by atoms with E-state index in [-0.39, 0.29) is 23.7 Å². The van der Waals surface area contributed by atoms with Crippen LogP contribution >= 0.6 is 11.6 Å². The second-order valence-electron chi connectivity index (χ2n) is 7.39. The predicted molar refractivity (Wildman–Crippen MR) is 122 cm³/mol. The maximum absolute atomic E-state index is 13.0. The standard InChI is InChI=1S/C24H21ClF3N3O3/c1-14-11-17(34-18-9-10-30-21(13-18)23(33)29-2)6-3-15(14)4-8-22(32)31-16-5-7-20(25)19(12-16)24(26,27)28/h3,5-7,9-13H,4,8H2,1-2H3,(H,29,33)(H,31,32). The van der Waals surface area contributed by atoms with Crippen molar-refractivity contribution in [3.05, 3.63) is 82.1 Å². The molecule has 0 aliphatic rings. The molecule has 0 aliphatic carbocycles. The van der Waals surface area contributed by atoms with Gasteiger partial charge in [-0.2, -0.15) is 13.2 Å². The van der Waals surface area contributed by atoms with Gasteiger partial charge in [-0.25, -0.2) is 0 Å². The number of hydrogen-bond donors (Lipinski definition) is 2. The minimum atomic E-state index is -4.61. The highest BCUT2D eigenvalue weighted by atomic mass is 35.5. The third kappa shape index (κ3) is 6.48. The molecule has 1 aromatic heterocycles. The van der Waals surface area contributed by atoms with Crippen LogP contribution in [-0.2, 0) is 17.4 Å². The first-order valence-electron chi connectivity index (χ1n) is 10.2. The van der Waals surface area contributed by atoms with Gasteiger partial charge in [0.1, 0.15) is 17.2 Å². The lowest BCUT2D eigenvalue weighted by Gasteiger charge is -2.12. The van der Waals surface area contributed by atoms with Gasteiger partial charge in [0.2, 0.25) is 5.91 Å². The third-order valence-electron chi connectivity index (χ3n) is 4.92. The number of amides is 2. The number of alkyl halides is 3. The number of halogens is 4. The van der Waals surface area contributed by atoms with Crippen molar-refractivity contribution in [3.63, 3.8) is 0 Å². The highest BCUT2D eigenvalue weighted by molar-refractivity contribution is 6.31. The van der Waals surface area contributed by atoms with Gasteiger partial charge in [0.25, 0.3) is 5.91 Å². The lowest BCUT2D eigenvalue weighted by atomic mass is 10.0. The second-order valence-corrected chi connectivity index (χ2v) is 7.79. The number of benzene rings is 2. The first kappa shape index (κ1) is 25.0. The molecule has 0 bridgehead atoms. The van der Waals surface area contributed by atoms with Crippen molar-refractivity contribution >= 4 is 29.1 Å². The highest BCUT2D eigenvalue weighted by Crippen LogP contribution is 2.36. The number of carbonyl (C=O) groups is 2. The van der Waals surface area contributed by atoms with Crippen LogP contribution in [0.1, 0.15) is 33.6 Å². The first-order chi connectivity index (χ1) is 16.1. The van der Waals surface area contributed by atoms with Gasteiger partial charge in [-0.05, 0) is 60.9 Å². The zero-order valence-corrected chi connectivity index (χ0v) is 19.1. The topological polar surface area (TPSA) is 80.3 Å². The van der Waals surface area contributed by atoms with Crippen molar-refractivity contribution in [2.45, 2.75) is 25.9 Å². The number of hydrogen-bond acceptors (Lipinski definition) is 4. The molecule has 0 radical (unpaired) electrons. The van der Waals surface area contributed by atoms with Gasteiger partial charge in [0, 0.05) is 31.4 Å². The molecule has 6 nitrogen and oxygen atoms in total. The average molecular weight is 492 g/mol. The van der Waals surface area contributed by atoms with E-state index in [1.165, 1.54) is 25.4 Å². The summed E-state index contributed by atoms with van der Waals surface area (Å²) in [5, 5.41) is 4.54. The summed E-state index contributed by atoms with van der Waals surface area (Å²) in [6.07, 6.45) is -2.68. The molecule has 34 heavy (non-hydrogen) atoms. The fraction of sp³-hybridized carbons (Fsp3) is 0.208. The largest absolute Gasteiger partial charge is 0.457 e. The van der Waals surface area contributed by atoms with Crippen LogP contribution in [0.25, 0.3) is 0 Å². The number of nitrogens with one attached hydrogen (secondary N) is 2. The molecule has 2 N–H and O–H groups in total. The highest BCUT2D eigenvalue weighted by Gasteiger charge is 2.33. The number of nitrogens with zero attached hydrogens (tertiary/aromatic N) is 1. The van der Waals surface area contributed by atoms with Crippen molar-refractivity contribution in [1.29, 1.82) is 0 Å². The fourth-order valence-corrected chi connectivity index (χ4v) is 3.39. The normalized spacial score (nSPS) is 11.1. The van der Waals surface area contributed by atoms with Gasteiger partial charge in [0.05, 0.1) is 10.6 Å². The van der Waals surface area contributed by atoms with E-state index < -0.39 is 22.7 Å². The molecule has 1 heterocycles. The molecule has 0 saturated heterocycles. The first-order valence-corrected chi connectivity index (χ1v) is 10.6. The Morgan fingerprint density at radius 3 is 2.47 bits per heavy atom. The van der Waals surface area contributed by atoms with Crippen LogP contribution < -0.4 is 15.4 Å². The molecule has 0 saturated carbocycles. The summed E-state index contributed by atoms with van der Waals surface area (Å²) >= 11 is 5.60. The Kier molecular flexibility index (Phi) is 7.78. The van der Waals surface area contributed by atoms with Gasteiger partial charge in [0.15, 0.2) is 0 Å². The summed E-state index contributed by atoms with van der Waals surface area (Å²) in [5.41, 5.74) is 1.00. The lowest BCUT2D eigenvalue weighted by Crippen LogP contribution is -2.18. The Morgan fingerprint density at radius 1 is 1.06 bits per heavy atom. The van der Waals surface area contributed by atoms with Crippen LogP contribution in [-0.4, -0.2) is 23.8 Å². The van der Waals surface area contributed by atoms with Gasteiger partial charge >= 0.3 is 6.18 Å². The van der Waals surface area contributed by atoms with Gasteiger partial charge in [-0.15, -0.1) is 0 Å². The van der Waals surface area contributed by atoms with Crippen LogP contribution in [0.3, 0.4) is 0 Å². The Hall–Kier alpha value is -3.59. The summed E-state index contributed by atoms with van der Waals surface area (Å²) in [6, 6.07) is 11.7. The van der Waals surface area contributed by atoms with Crippen LogP contribution in [0, 0.1) is 6.92 Å². The zero-order chi connectivity index (χ0) is 24.9. The van der Waals surface area contributed by atoms with Crippen LogP contribution in [0.2, 0.25) is 5.02 Å². The minimum Gasteiger partial charge on any atom is -0.457 e. The number of carbonyl (C=O) groups excluding carboxylic acids is 2. The molecule has 0 atom stereocenters. The number of rotatable bonds is 7. The summed E-state index contributed by atoms with van der Waals surface area (Å²) in [5.74, 6) is 0.235. The molecule has 0 aliphatic heterocycles. The van der Waals surface area contributed by atoms with Crippen molar-refractivity contribution in [3.8, 4) is 11.5 Å². The van der Waals surface area contributed by atoms with E-state index in [9.17, 15) is 22.8 Å². The lowest BCUT2D eigenvalue weighted by molar-refractivity contribution is -0.137. The predicted octanol–water partition coefficient (Wildman–Crippen LogP) is 5.79. The minimum absolute atomic E-state index is 0.0238. The van der Waals surface area contributed by atoms with Gasteiger partial charge in [-0.3, -0.25) is 14.6 Å². The summed E-state index contributed by atoms with van der Waals surface area (Å²) in [7, 11) is 1.51. The molecule has 3 rings (SSSR count). The van der Waals surface area contributed by atoms with E-state index in [4.69, 9.17) is 16.3 Å². The maximum Gasteiger partial charge on any atom is 0.417 e. The fourth-order valence-electron chi connectivity index (χ4n) is 3.17. The average Bonchev–Trinajstić information content (AvgIpc) is 2.78. The molecule has 0 spiro atoms. The van der Waals surface area contributed by atoms with E-state index in [1.54, 1.807) is 18.2 Å². The molecule has 0 fully saturated rings. The Bertz CT molecular complexity index is 1220. The number of aromatic nitrogens is 1. The number of pyridine rings is 1. The summed E-state index contributed by atoms with van der Waals surface area (Å²) in [6.45, 7) is 1.86. The van der Waals surface area contributed by atoms with E-state index in [1.807, 2.05) is 13.0 Å². The Morgan fingerprint density at radius 2 is 1.79 bits per heavy atom. The molecular weight excluding hydrogens is 471 g/mol. The zero-order valence-electron chi connectivity index (χ0n) is 18.3. The number of ether oxygens (including phenoxy) is 1. The maximum atomic E-state index is 13.0. The molecule has 2 amide bonds. The quantitative estimate of drug-likeness (QED) is 0.438. The number of aryl methyl sites for hydroxylation is 2. The van der Waals surface area contributed by atoms with Crippen molar-refractivity contribution in [2.75, 3.05) is 12.4 Å². The number of anilines is 1. The SMILES string of the molecule is CNC(=O)c1cc(Oc2ccc(CCC(=O)Nc3ccc(Cl)c(C(F)(F)F)c3)c(C)c2)ccn1. The van der Waals surface area contributed by atoms with Crippen molar-refractivity contribution in [2.24, 2.45) is 0 Å². The van der Waals surface area contributed by atoms with Crippen LogP contribution in [0.4, 0.5) is 18.9 Å². The van der Waals surface area contributed by atoms with Gasteiger partial charge < -0.3 is 15.4 Å². The van der Waals surface area contributed by atoms with E-state index in [0.29, 0.717) is 17.9 Å². The van der Waals surface area contributed by atoms with Crippen LogP contribution in [0.5, 0.6) is 11.5 Å². The molecule has 0 unspecified atom stereocenters. The molecule has 10 heteroatoms. The molecule has 3 aromatic rings. The Balaban J connectivity index is 1.61. The van der Waals surface area contributed by atoms with Gasteiger partial charge in [-0.1, -0.05) is 17.7 Å². The summed E-state index contributed by atoms with van der Waals surface area (Å²) < 4.78 is 44.8. The van der Waals surface area contributed by atoms with E-state index in [2.05, 4.69) is 15.6 Å². The second kappa shape index (κ2) is 10.6. The van der Waals surface area contributed by atoms with Crippen molar-refractivity contribution in [1.82, 2.24) is 10.3 Å².